The van der Waals surface area contributed by atoms with Crippen molar-refractivity contribution >= 4 is 44.6 Å². The average Bonchev–Trinajstić information content (AvgIpc) is 2.87. The number of halogens is 2. The maximum Gasteiger partial charge on any atom is 0.0482 e. The fourth-order valence-electron chi connectivity index (χ4n) is 2.45. The molecule has 1 nitrogen and oxygen atoms in total. The molecule has 1 aliphatic carbocycles. The Morgan fingerprint density at radius 1 is 1.05 bits per heavy atom. The van der Waals surface area contributed by atoms with E-state index in [0.717, 1.165) is 6.54 Å². The molecule has 0 saturated carbocycles. The van der Waals surface area contributed by atoms with Crippen molar-refractivity contribution in [1.82, 2.24) is 0 Å². The first-order valence-corrected chi connectivity index (χ1v) is 8.91. The molecule has 0 amide bonds. The van der Waals surface area contributed by atoms with Crippen LogP contribution in [-0.4, -0.2) is 20.6 Å². The monoisotopic (exact) mass is 323 g/mol. The maximum absolute atomic E-state index is 2.42. The van der Waals surface area contributed by atoms with Crippen molar-refractivity contribution in [2.45, 2.75) is 13.1 Å². The van der Waals surface area contributed by atoms with E-state index in [4.69, 9.17) is 0 Å². The highest BCUT2D eigenvalue weighted by Crippen LogP contribution is 2.32. The number of hydrogen-bond acceptors (Lipinski definition) is 1. The normalized spacial score (nSPS) is 15.3. The predicted molar refractivity (Wildman–Crippen MR) is 96.1 cm³/mol. The maximum atomic E-state index is 2.42. The van der Waals surface area contributed by atoms with E-state index < -0.39 is 0 Å². The Bertz CT molecular complexity index is 596. The van der Waals surface area contributed by atoms with E-state index >= 15 is 0 Å². The van der Waals surface area contributed by atoms with Crippen LogP contribution in [0.3, 0.4) is 0 Å². The average molecular weight is 324 g/mol. The van der Waals surface area contributed by atoms with E-state index in [2.05, 4.69) is 72.3 Å². The summed E-state index contributed by atoms with van der Waals surface area (Å²) in [6.07, 6.45) is 6.92. The lowest BCUT2D eigenvalue weighted by molar-refractivity contribution is 1.11. The minimum Gasteiger partial charge on any atom is -0.343 e. The van der Waals surface area contributed by atoms with E-state index in [9.17, 15) is 0 Å². The van der Waals surface area contributed by atoms with Gasteiger partial charge in [0.2, 0.25) is 0 Å². The molecule has 0 N–H and O–H groups in total. The highest BCUT2D eigenvalue weighted by Gasteiger charge is 2.21. The summed E-state index contributed by atoms with van der Waals surface area (Å²) in [5, 5.41) is 0. The van der Waals surface area contributed by atoms with Crippen LogP contribution in [0.5, 0.6) is 0 Å². The minimum absolute atomic E-state index is 0. The Morgan fingerprint density at radius 2 is 1.75 bits per heavy atom. The number of para-hydroxylation sites is 1. The standard InChI is InChI=1S/C16H17NSi.2ClH/c1-18(2)12-13-8-14-10-17(11-15(14)9-13)16-6-4-3-5-7-16;;/h3-10,12H,11H2,1-2H3;2*1H. The number of allylic oxidation sites excluding steroid dienone is 3. The van der Waals surface area contributed by atoms with Gasteiger partial charge in [-0.1, -0.05) is 37.0 Å². The fraction of sp³-hybridized carbons (Fsp3) is 0.188. The Balaban J connectivity index is 0.000001000. The van der Waals surface area contributed by atoms with E-state index in [-0.39, 0.29) is 33.2 Å². The highest BCUT2D eigenvalue weighted by atomic mass is 35.5. The molecule has 1 aromatic rings. The molecule has 0 aromatic heterocycles. The van der Waals surface area contributed by atoms with Gasteiger partial charge in [-0.25, -0.2) is 0 Å². The van der Waals surface area contributed by atoms with E-state index in [0.29, 0.717) is 0 Å². The Morgan fingerprint density at radius 3 is 2.35 bits per heavy atom. The van der Waals surface area contributed by atoms with Gasteiger partial charge in [0.1, 0.15) is 0 Å². The predicted octanol–water partition coefficient (Wildman–Crippen LogP) is 4.24. The summed E-state index contributed by atoms with van der Waals surface area (Å²) in [6.45, 7) is 5.65. The summed E-state index contributed by atoms with van der Waals surface area (Å²) in [5.41, 5.74) is 7.93. The molecule has 4 heteroatoms. The first-order chi connectivity index (χ1) is 8.72. The van der Waals surface area contributed by atoms with Crippen molar-refractivity contribution in [2.75, 3.05) is 11.4 Å². The Kier molecular flexibility index (Phi) is 6.00. The Hall–Kier alpha value is -1.09. The second-order valence-corrected chi connectivity index (χ2v) is 7.53. The molecule has 0 fully saturated rings. The lowest BCUT2D eigenvalue weighted by Gasteiger charge is -2.15. The second-order valence-electron chi connectivity index (χ2n) is 5.08. The van der Waals surface area contributed by atoms with Crippen molar-refractivity contribution < 1.29 is 0 Å². The van der Waals surface area contributed by atoms with Crippen LogP contribution < -0.4 is 4.90 Å². The molecule has 0 saturated heterocycles. The van der Waals surface area contributed by atoms with Crippen LogP contribution in [0.15, 0.2) is 65.4 Å². The van der Waals surface area contributed by atoms with Gasteiger partial charge in [-0.15, -0.1) is 24.8 Å². The molecule has 20 heavy (non-hydrogen) atoms. The van der Waals surface area contributed by atoms with Crippen LogP contribution in [0.25, 0.3) is 0 Å². The molecular weight excluding hydrogens is 305 g/mol. The zero-order valence-corrected chi connectivity index (χ0v) is 14.3. The smallest absolute Gasteiger partial charge is 0.0482 e. The van der Waals surface area contributed by atoms with Gasteiger partial charge in [-0.3, -0.25) is 0 Å². The van der Waals surface area contributed by atoms with Crippen LogP contribution in [0.4, 0.5) is 5.69 Å². The molecule has 0 unspecified atom stereocenters. The quantitative estimate of drug-likeness (QED) is 0.736. The van der Waals surface area contributed by atoms with Gasteiger partial charge in [0.05, 0.1) is 0 Å². The van der Waals surface area contributed by atoms with Crippen molar-refractivity contribution in [3.8, 4) is 0 Å². The number of anilines is 1. The number of hydrogen-bond donors (Lipinski definition) is 0. The zero-order chi connectivity index (χ0) is 12.5. The topological polar surface area (TPSA) is 3.24 Å². The van der Waals surface area contributed by atoms with E-state index in [1.807, 2.05) is 0 Å². The SMILES string of the molecule is C[Si](C)=CC1=CC2=CN(c3ccccc3)CC2=C1.Cl.Cl. The molecule has 106 valence electrons. The number of rotatable bonds is 2. The Labute approximate surface area is 134 Å². The summed E-state index contributed by atoms with van der Waals surface area (Å²) < 4.78 is 0. The minimum atomic E-state index is -0.292. The van der Waals surface area contributed by atoms with Crippen molar-refractivity contribution in [1.29, 1.82) is 0 Å². The van der Waals surface area contributed by atoms with Gasteiger partial charge >= 0.3 is 0 Å². The number of benzene rings is 1. The lowest BCUT2D eigenvalue weighted by atomic mass is 10.2. The third kappa shape index (κ3) is 3.51. The summed E-state index contributed by atoms with van der Waals surface area (Å²) in [7, 11) is -0.292. The van der Waals surface area contributed by atoms with Gasteiger partial charge in [0.25, 0.3) is 0 Å². The van der Waals surface area contributed by atoms with Gasteiger partial charge in [-0.2, -0.15) is 0 Å². The van der Waals surface area contributed by atoms with Crippen molar-refractivity contribution in [3.05, 3.63) is 65.4 Å². The highest BCUT2D eigenvalue weighted by molar-refractivity contribution is 6.66. The molecular formula is C16H19Cl2NSi. The molecule has 0 spiro atoms. The lowest BCUT2D eigenvalue weighted by Crippen LogP contribution is -2.12. The third-order valence-electron chi connectivity index (χ3n) is 3.21. The molecule has 1 aliphatic heterocycles. The molecule has 1 aromatic carbocycles. The molecule has 2 aliphatic rings. The molecule has 0 bridgehead atoms. The largest absolute Gasteiger partial charge is 0.343 e. The molecule has 1 heterocycles. The fourth-order valence-corrected chi connectivity index (χ4v) is 3.29. The number of fused-ring (bicyclic) bond motifs is 1. The zero-order valence-electron chi connectivity index (χ0n) is 11.7. The van der Waals surface area contributed by atoms with Gasteiger partial charge < -0.3 is 4.90 Å². The summed E-state index contributed by atoms with van der Waals surface area (Å²) >= 11 is 0. The van der Waals surface area contributed by atoms with Crippen LogP contribution in [0.1, 0.15) is 0 Å². The van der Waals surface area contributed by atoms with Crippen molar-refractivity contribution in [3.63, 3.8) is 0 Å². The van der Waals surface area contributed by atoms with Gasteiger partial charge in [-0.05, 0) is 41.0 Å². The summed E-state index contributed by atoms with van der Waals surface area (Å²) in [6, 6.07) is 10.6. The first kappa shape index (κ1) is 17.0. The van der Waals surface area contributed by atoms with E-state index in [1.165, 1.54) is 22.4 Å². The van der Waals surface area contributed by atoms with Crippen LogP contribution in [0.2, 0.25) is 13.1 Å². The van der Waals surface area contributed by atoms with Gasteiger partial charge in [0, 0.05) is 26.8 Å². The third-order valence-corrected chi connectivity index (χ3v) is 4.12. The summed E-state index contributed by atoms with van der Waals surface area (Å²) in [5.74, 6) is 0. The van der Waals surface area contributed by atoms with Gasteiger partial charge in [0.15, 0.2) is 0 Å². The van der Waals surface area contributed by atoms with Crippen molar-refractivity contribution in [2.24, 2.45) is 0 Å². The molecule has 0 radical (unpaired) electrons. The van der Waals surface area contributed by atoms with Crippen LogP contribution >= 0.6 is 24.8 Å². The molecule has 0 atom stereocenters. The first-order valence-electron chi connectivity index (χ1n) is 6.33. The van der Waals surface area contributed by atoms with E-state index in [1.54, 1.807) is 0 Å². The molecule has 3 rings (SSSR count). The number of nitrogens with zero attached hydrogens (tertiary/aromatic N) is 1. The van der Waals surface area contributed by atoms with Crippen LogP contribution in [-0.2, 0) is 0 Å². The summed E-state index contributed by atoms with van der Waals surface area (Å²) in [4.78, 5) is 2.32. The van der Waals surface area contributed by atoms with Crippen LogP contribution in [0, 0.1) is 0 Å². The second kappa shape index (κ2) is 7.07.